The van der Waals surface area contributed by atoms with Crippen molar-refractivity contribution in [2.24, 2.45) is 0 Å². The number of aryl methyl sites for hydroxylation is 1. The van der Waals surface area contributed by atoms with Crippen LogP contribution in [0.3, 0.4) is 0 Å². The standard InChI is InChI=1S/C23H25N3O3S2/c1-16-6-3-4-13-26(16)31(28,29)21-8-5-7-19(14-21)23(27)25-20-11-9-18(10-12-20)22-15-30-17(2)24-22/h5,7-12,14-16H,3-4,6,13H2,1-2H3,(H,25,27). The highest BCUT2D eigenvalue weighted by atomic mass is 32.2. The quantitative estimate of drug-likeness (QED) is 0.591. The van der Waals surface area contributed by atoms with Crippen LogP contribution in [-0.2, 0) is 10.0 Å². The Bertz CT molecular complexity index is 1190. The number of rotatable bonds is 5. The summed E-state index contributed by atoms with van der Waals surface area (Å²) in [4.78, 5) is 17.4. The van der Waals surface area contributed by atoms with E-state index in [0.29, 0.717) is 17.8 Å². The first-order valence-corrected chi connectivity index (χ1v) is 12.6. The Labute approximate surface area is 187 Å². The molecule has 1 aliphatic rings. The number of sulfonamides is 1. The van der Waals surface area contributed by atoms with E-state index in [0.717, 1.165) is 35.5 Å². The predicted molar refractivity (Wildman–Crippen MR) is 124 cm³/mol. The minimum atomic E-state index is -3.63. The molecule has 2 heterocycles. The normalized spacial score (nSPS) is 17.4. The molecule has 1 aromatic heterocycles. The van der Waals surface area contributed by atoms with Crippen LogP contribution in [0.1, 0.15) is 41.6 Å². The van der Waals surface area contributed by atoms with E-state index in [9.17, 15) is 13.2 Å². The molecule has 1 aliphatic heterocycles. The second-order valence-electron chi connectivity index (χ2n) is 7.77. The maximum atomic E-state index is 13.1. The summed E-state index contributed by atoms with van der Waals surface area (Å²) in [6, 6.07) is 13.7. The van der Waals surface area contributed by atoms with E-state index >= 15 is 0 Å². The number of carbonyl (C=O) groups is 1. The third kappa shape index (κ3) is 4.71. The molecule has 0 radical (unpaired) electrons. The Morgan fingerprint density at radius 1 is 1.16 bits per heavy atom. The topological polar surface area (TPSA) is 79.4 Å². The number of nitrogens with one attached hydrogen (secondary N) is 1. The summed E-state index contributed by atoms with van der Waals surface area (Å²) >= 11 is 1.59. The van der Waals surface area contributed by atoms with Crippen LogP contribution in [0.2, 0.25) is 0 Å². The molecule has 4 rings (SSSR count). The van der Waals surface area contributed by atoms with E-state index in [2.05, 4.69) is 10.3 Å². The van der Waals surface area contributed by atoms with E-state index in [1.165, 1.54) is 6.07 Å². The molecule has 1 fully saturated rings. The number of carbonyl (C=O) groups excluding carboxylic acids is 1. The maximum absolute atomic E-state index is 13.1. The van der Waals surface area contributed by atoms with Crippen LogP contribution in [0, 0.1) is 6.92 Å². The van der Waals surface area contributed by atoms with Gasteiger partial charge in [0, 0.05) is 34.8 Å². The molecule has 0 saturated carbocycles. The van der Waals surface area contributed by atoms with E-state index in [-0.39, 0.29) is 16.8 Å². The van der Waals surface area contributed by atoms with Crippen molar-refractivity contribution >= 4 is 33.0 Å². The van der Waals surface area contributed by atoms with Gasteiger partial charge in [-0.2, -0.15) is 4.31 Å². The van der Waals surface area contributed by atoms with Crippen LogP contribution in [-0.4, -0.2) is 36.2 Å². The number of benzene rings is 2. The SMILES string of the molecule is Cc1nc(-c2ccc(NC(=O)c3cccc(S(=O)(=O)N4CCCCC4C)c3)cc2)cs1. The van der Waals surface area contributed by atoms with Crippen molar-refractivity contribution in [1.82, 2.24) is 9.29 Å². The van der Waals surface area contributed by atoms with Gasteiger partial charge in [0.15, 0.2) is 0 Å². The van der Waals surface area contributed by atoms with Gasteiger partial charge in [-0.15, -0.1) is 11.3 Å². The molecular weight excluding hydrogens is 430 g/mol. The number of nitrogens with zero attached hydrogens (tertiary/aromatic N) is 2. The van der Waals surface area contributed by atoms with Gasteiger partial charge in [0.2, 0.25) is 10.0 Å². The Morgan fingerprint density at radius 2 is 1.94 bits per heavy atom. The number of thiazole rings is 1. The maximum Gasteiger partial charge on any atom is 0.255 e. The van der Waals surface area contributed by atoms with Crippen LogP contribution >= 0.6 is 11.3 Å². The summed E-state index contributed by atoms with van der Waals surface area (Å²) in [6.45, 7) is 4.41. The van der Waals surface area contributed by atoms with Crippen molar-refractivity contribution < 1.29 is 13.2 Å². The lowest BCUT2D eigenvalue weighted by Gasteiger charge is -2.32. The van der Waals surface area contributed by atoms with Crippen molar-refractivity contribution in [3.8, 4) is 11.3 Å². The van der Waals surface area contributed by atoms with Gasteiger partial charge < -0.3 is 5.32 Å². The lowest BCUT2D eigenvalue weighted by Crippen LogP contribution is -2.41. The molecule has 2 aromatic carbocycles. The molecule has 31 heavy (non-hydrogen) atoms. The molecule has 1 N–H and O–H groups in total. The predicted octanol–water partition coefficient (Wildman–Crippen LogP) is 4.93. The van der Waals surface area contributed by atoms with Crippen LogP contribution in [0.4, 0.5) is 5.69 Å². The zero-order chi connectivity index (χ0) is 22.0. The van der Waals surface area contributed by atoms with Gasteiger partial charge in [0.05, 0.1) is 15.6 Å². The summed E-state index contributed by atoms with van der Waals surface area (Å²) in [7, 11) is -3.63. The lowest BCUT2D eigenvalue weighted by molar-refractivity contribution is 0.102. The number of amides is 1. The monoisotopic (exact) mass is 455 g/mol. The lowest BCUT2D eigenvalue weighted by atomic mass is 10.1. The van der Waals surface area contributed by atoms with E-state index in [1.54, 1.807) is 33.8 Å². The van der Waals surface area contributed by atoms with Gasteiger partial charge in [0.1, 0.15) is 0 Å². The van der Waals surface area contributed by atoms with E-state index in [1.807, 2.05) is 43.5 Å². The molecule has 8 heteroatoms. The zero-order valence-corrected chi connectivity index (χ0v) is 19.2. The Balaban J connectivity index is 1.50. The van der Waals surface area contributed by atoms with Gasteiger partial charge in [-0.1, -0.05) is 24.6 Å². The summed E-state index contributed by atoms with van der Waals surface area (Å²) in [5.74, 6) is -0.346. The molecule has 1 atom stereocenters. The second kappa shape index (κ2) is 8.90. The molecule has 1 unspecified atom stereocenters. The molecule has 0 aliphatic carbocycles. The first kappa shape index (κ1) is 21.7. The van der Waals surface area contributed by atoms with Gasteiger partial charge in [-0.3, -0.25) is 4.79 Å². The van der Waals surface area contributed by atoms with Gasteiger partial charge in [-0.05, 0) is 57.0 Å². The highest BCUT2D eigenvalue weighted by Crippen LogP contribution is 2.26. The fraction of sp³-hybridized carbons (Fsp3) is 0.304. The molecule has 1 amide bonds. The molecule has 0 spiro atoms. The Morgan fingerprint density at radius 3 is 2.61 bits per heavy atom. The average Bonchev–Trinajstić information content (AvgIpc) is 3.21. The van der Waals surface area contributed by atoms with Gasteiger partial charge in [-0.25, -0.2) is 13.4 Å². The molecule has 0 bridgehead atoms. The Kier molecular flexibility index (Phi) is 6.22. The number of piperidine rings is 1. The van der Waals surface area contributed by atoms with E-state index < -0.39 is 10.0 Å². The summed E-state index contributed by atoms with van der Waals surface area (Å²) in [6.07, 6.45) is 2.76. The average molecular weight is 456 g/mol. The van der Waals surface area contributed by atoms with Crippen molar-refractivity contribution in [2.75, 3.05) is 11.9 Å². The van der Waals surface area contributed by atoms with Crippen LogP contribution in [0.5, 0.6) is 0 Å². The van der Waals surface area contributed by atoms with E-state index in [4.69, 9.17) is 0 Å². The van der Waals surface area contributed by atoms with Crippen LogP contribution in [0.25, 0.3) is 11.3 Å². The summed E-state index contributed by atoms with van der Waals surface area (Å²) in [5.41, 5.74) is 2.83. The largest absolute Gasteiger partial charge is 0.322 e. The smallest absolute Gasteiger partial charge is 0.255 e. The number of hydrogen-bond donors (Lipinski definition) is 1. The number of aromatic nitrogens is 1. The van der Waals surface area contributed by atoms with Crippen molar-refractivity contribution in [2.45, 2.75) is 44.0 Å². The number of hydrogen-bond acceptors (Lipinski definition) is 5. The first-order valence-electron chi connectivity index (χ1n) is 10.3. The molecule has 3 aromatic rings. The Hall–Kier alpha value is -2.55. The zero-order valence-electron chi connectivity index (χ0n) is 17.5. The first-order chi connectivity index (χ1) is 14.8. The van der Waals surface area contributed by atoms with Crippen molar-refractivity contribution in [1.29, 1.82) is 0 Å². The summed E-state index contributed by atoms with van der Waals surface area (Å²) in [5, 5.41) is 5.84. The van der Waals surface area contributed by atoms with Gasteiger partial charge in [0.25, 0.3) is 5.91 Å². The molecular formula is C23H25N3O3S2. The summed E-state index contributed by atoms with van der Waals surface area (Å²) < 4.78 is 27.7. The number of anilines is 1. The van der Waals surface area contributed by atoms with Gasteiger partial charge >= 0.3 is 0 Å². The van der Waals surface area contributed by atoms with Crippen molar-refractivity contribution in [3.05, 3.63) is 64.5 Å². The third-order valence-corrected chi connectivity index (χ3v) is 8.29. The molecule has 162 valence electrons. The van der Waals surface area contributed by atoms with Crippen LogP contribution in [0.15, 0.2) is 58.8 Å². The van der Waals surface area contributed by atoms with Crippen molar-refractivity contribution in [3.63, 3.8) is 0 Å². The minimum Gasteiger partial charge on any atom is -0.322 e. The van der Waals surface area contributed by atoms with Crippen LogP contribution < -0.4 is 5.32 Å². The highest BCUT2D eigenvalue weighted by Gasteiger charge is 2.31. The fourth-order valence-corrected chi connectivity index (χ4v) is 6.15. The highest BCUT2D eigenvalue weighted by molar-refractivity contribution is 7.89. The third-order valence-electron chi connectivity index (χ3n) is 5.50. The second-order valence-corrected chi connectivity index (χ2v) is 10.7. The fourth-order valence-electron chi connectivity index (χ4n) is 3.79. The molecule has 6 nitrogen and oxygen atoms in total. The molecule has 1 saturated heterocycles. The minimum absolute atomic E-state index is 0.0312.